The van der Waals surface area contributed by atoms with Gasteiger partial charge in [-0.3, -0.25) is 4.79 Å². The maximum atomic E-state index is 12.4. The molecule has 1 aromatic rings. The van der Waals surface area contributed by atoms with Crippen molar-refractivity contribution in [1.29, 1.82) is 0 Å². The first-order valence-electron chi connectivity index (χ1n) is 6.82. The van der Waals surface area contributed by atoms with Gasteiger partial charge in [0.25, 0.3) is 0 Å². The third-order valence-electron chi connectivity index (χ3n) is 3.19. The van der Waals surface area contributed by atoms with E-state index in [2.05, 4.69) is 5.32 Å². The summed E-state index contributed by atoms with van der Waals surface area (Å²) in [5.41, 5.74) is 1.78. The molecule has 4 heteroatoms. The van der Waals surface area contributed by atoms with Crippen molar-refractivity contribution in [1.82, 2.24) is 5.32 Å². The molecule has 0 aromatic heterocycles. The molecule has 1 rings (SSSR count). The minimum absolute atomic E-state index is 0.0807. The lowest BCUT2D eigenvalue weighted by Gasteiger charge is -2.26. The van der Waals surface area contributed by atoms with E-state index in [1.165, 1.54) is 0 Å². The molecule has 0 spiro atoms. The number of aryl methyl sites for hydroxylation is 1. The average Bonchev–Trinajstić information content (AvgIpc) is 2.40. The highest BCUT2D eigenvalue weighted by molar-refractivity contribution is 5.95. The molecule has 106 valence electrons. The smallest absolute Gasteiger partial charge is 0.231 e. The molecule has 0 aliphatic carbocycles. The first-order valence-corrected chi connectivity index (χ1v) is 6.82. The summed E-state index contributed by atoms with van der Waals surface area (Å²) in [4.78, 5) is 14.2. The molecule has 1 atom stereocenters. The van der Waals surface area contributed by atoms with Gasteiger partial charge < -0.3 is 15.3 Å². The number of nitrogens with zero attached hydrogens (tertiary/aromatic N) is 1. The molecular weight excluding hydrogens is 240 g/mol. The lowest BCUT2D eigenvalue weighted by atomic mass is 10.1. The van der Waals surface area contributed by atoms with Gasteiger partial charge in [0.1, 0.15) is 5.75 Å². The minimum Gasteiger partial charge on any atom is -0.508 e. The maximum Gasteiger partial charge on any atom is 0.231 e. The lowest BCUT2D eigenvalue weighted by molar-refractivity contribution is -0.121. The minimum atomic E-state index is -0.0818. The Morgan fingerprint density at radius 2 is 2.11 bits per heavy atom. The van der Waals surface area contributed by atoms with E-state index in [0.29, 0.717) is 13.1 Å². The molecule has 0 aliphatic rings. The third-order valence-corrected chi connectivity index (χ3v) is 3.19. The number of hydrogen-bond donors (Lipinski definition) is 2. The summed E-state index contributed by atoms with van der Waals surface area (Å²) in [5.74, 6) is 0.185. The number of aromatic hydroxyl groups is 1. The molecule has 0 heterocycles. The molecule has 1 aromatic carbocycles. The molecule has 0 saturated carbocycles. The van der Waals surface area contributed by atoms with Gasteiger partial charge >= 0.3 is 0 Å². The Labute approximate surface area is 115 Å². The van der Waals surface area contributed by atoms with Crippen LogP contribution in [0.4, 0.5) is 5.69 Å². The van der Waals surface area contributed by atoms with Crippen LogP contribution >= 0.6 is 0 Å². The summed E-state index contributed by atoms with van der Waals surface area (Å²) in [6.07, 6.45) is 0. The van der Waals surface area contributed by atoms with Gasteiger partial charge in [-0.1, -0.05) is 19.9 Å². The molecule has 2 N–H and O–H groups in total. The van der Waals surface area contributed by atoms with Gasteiger partial charge in [-0.25, -0.2) is 0 Å². The second-order valence-corrected chi connectivity index (χ2v) is 4.76. The highest BCUT2D eigenvalue weighted by Gasteiger charge is 2.21. The van der Waals surface area contributed by atoms with E-state index in [9.17, 15) is 9.90 Å². The van der Waals surface area contributed by atoms with Crippen molar-refractivity contribution >= 4 is 11.6 Å². The zero-order chi connectivity index (χ0) is 14.4. The fraction of sp³-hybridized carbons (Fsp3) is 0.533. The Bertz CT molecular complexity index is 432. The molecule has 0 aliphatic heterocycles. The van der Waals surface area contributed by atoms with Gasteiger partial charge in [0, 0.05) is 25.1 Å². The van der Waals surface area contributed by atoms with Crippen LogP contribution in [0, 0.1) is 12.8 Å². The molecule has 4 nitrogen and oxygen atoms in total. The number of hydrogen-bond acceptors (Lipinski definition) is 3. The van der Waals surface area contributed by atoms with E-state index >= 15 is 0 Å². The third kappa shape index (κ3) is 3.96. The Hall–Kier alpha value is -1.55. The summed E-state index contributed by atoms with van der Waals surface area (Å²) >= 11 is 0. The fourth-order valence-corrected chi connectivity index (χ4v) is 2.05. The number of carbonyl (C=O) groups is 1. The molecule has 0 radical (unpaired) electrons. The van der Waals surface area contributed by atoms with Crippen LogP contribution in [0.3, 0.4) is 0 Å². The van der Waals surface area contributed by atoms with E-state index in [1.54, 1.807) is 17.0 Å². The number of phenols is 1. The number of anilines is 1. The quantitative estimate of drug-likeness (QED) is 0.829. The van der Waals surface area contributed by atoms with E-state index in [4.69, 9.17) is 0 Å². The topological polar surface area (TPSA) is 52.6 Å². The van der Waals surface area contributed by atoms with Gasteiger partial charge in [0.2, 0.25) is 5.91 Å². The number of amides is 1. The highest BCUT2D eigenvalue weighted by atomic mass is 16.3. The van der Waals surface area contributed by atoms with Gasteiger partial charge in [0.15, 0.2) is 0 Å². The number of benzene rings is 1. The van der Waals surface area contributed by atoms with E-state index in [1.807, 2.05) is 33.8 Å². The second kappa shape index (κ2) is 7.14. The van der Waals surface area contributed by atoms with Crippen molar-refractivity contribution in [2.75, 3.05) is 24.5 Å². The van der Waals surface area contributed by atoms with Gasteiger partial charge in [0.05, 0.1) is 5.69 Å². The Morgan fingerprint density at radius 3 is 2.68 bits per heavy atom. The number of nitrogens with one attached hydrogen (secondary N) is 1. The summed E-state index contributed by atoms with van der Waals surface area (Å²) < 4.78 is 0. The number of phenolic OH excluding ortho intramolecular Hbond substituents is 1. The summed E-state index contributed by atoms with van der Waals surface area (Å²) in [5, 5.41) is 12.8. The molecular formula is C15H24N2O2. The highest BCUT2D eigenvalue weighted by Crippen LogP contribution is 2.26. The molecule has 19 heavy (non-hydrogen) atoms. The Kier molecular flexibility index (Phi) is 5.83. The van der Waals surface area contributed by atoms with Crippen LogP contribution in [0.2, 0.25) is 0 Å². The monoisotopic (exact) mass is 264 g/mol. The van der Waals surface area contributed by atoms with Crippen LogP contribution in [-0.4, -0.2) is 30.6 Å². The summed E-state index contributed by atoms with van der Waals surface area (Å²) in [6.45, 7) is 9.96. The van der Waals surface area contributed by atoms with E-state index in [0.717, 1.165) is 17.8 Å². The summed E-state index contributed by atoms with van der Waals surface area (Å²) in [7, 11) is 0. The van der Waals surface area contributed by atoms with Crippen molar-refractivity contribution in [3.8, 4) is 5.75 Å². The van der Waals surface area contributed by atoms with Gasteiger partial charge in [-0.2, -0.15) is 0 Å². The van der Waals surface area contributed by atoms with Crippen molar-refractivity contribution in [3.63, 3.8) is 0 Å². The Balaban J connectivity index is 2.93. The average molecular weight is 264 g/mol. The van der Waals surface area contributed by atoms with Gasteiger partial charge in [-0.15, -0.1) is 0 Å². The van der Waals surface area contributed by atoms with Crippen molar-refractivity contribution in [2.24, 2.45) is 5.92 Å². The molecule has 0 bridgehead atoms. The molecule has 0 fully saturated rings. The fourth-order valence-electron chi connectivity index (χ4n) is 2.05. The van der Waals surface area contributed by atoms with E-state index < -0.39 is 0 Å². The van der Waals surface area contributed by atoms with E-state index in [-0.39, 0.29) is 17.6 Å². The number of carbonyl (C=O) groups excluding carboxylic acids is 1. The van der Waals surface area contributed by atoms with Crippen molar-refractivity contribution < 1.29 is 9.90 Å². The second-order valence-electron chi connectivity index (χ2n) is 4.76. The Morgan fingerprint density at radius 1 is 1.42 bits per heavy atom. The normalized spacial score (nSPS) is 12.2. The van der Waals surface area contributed by atoms with Gasteiger partial charge in [-0.05, 0) is 32.0 Å². The van der Waals surface area contributed by atoms with Crippen LogP contribution in [0.15, 0.2) is 18.2 Å². The van der Waals surface area contributed by atoms with Crippen molar-refractivity contribution in [2.45, 2.75) is 27.7 Å². The first kappa shape index (κ1) is 15.5. The maximum absolute atomic E-state index is 12.4. The molecule has 1 amide bonds. The van der Waals surface area contributed by atoms with Crippen LogP contribution in [0.5, 0.6) is 5.75 Å². The standard InChI is InChI=1S/C15H24N2O2/c1-5-16-10-12(4)15(19)17(6-2)14-9-13(18)8-7-11(14)3/h7-9,12,16,18H,5-6,10H2,1-4H3. The predicted molar refractivity (Wildman–Crippen MR) is 78.6 cm³/mol. The predicted octanol–water partition coefficient (Wildman–Crippen LogP) is 2.30. The number of rotatable bonds is 6. The molecule has 1 unspecified atom stereocenters. The first-order chi connectivity index (χ1) is 9.01. The SMILES string of the molecule is CCNCC(C)C(=O)N(CC)c1cc(O)ccc1C. The van der Waals surface area contributed by atoms with Crippen molar-refractivity contribution in [3.05, 3.63) is 23.8 Å². The zero-order valence-corrected chi connectivity index (χ0v) is 12.2. The van der Waals surface area contributed by atoms with Crippen LogP contribution in [0.25, 0.3) is 0 Å². The van der Waals surface area contributed by atoms with Crippen LogP contribution in [-0.2, 0) is 4.79 Å². The largest absolute Gasteiger partial charge is 0.508 e. The summed E-state index contributed by atoms with van der Waals surface area (Å²) in [6, 6.07) is 5.12. The zero-order valence-electron chi connectivity index (χ0n) is 12.2. The van der Waals surface area contributed by atoms with Crippen LogP contribution in [0.1, 0.15) is 26.3 Å². The lowest BCUT2D eigenvalue weighted by Crippen LogP contribution is -2.39. The molecule has 0 saturated heterocycles. The van der Waals surface area contributed by atoms with Crippen LogP contribution < -0.4 is 10.2 Å².